The summed E-state index contributed by atoms with van der Waals surface area (Å²) >= 11 is 0. The van der Waals surface area contributed by atoms with Gasteiger partial charge in [-0.3, -0.25) is 0 Å². The molecule has 0 spiro atoms. The highest BCUT2D eigenvalue weighted by Crippen LogP contribution is 2.47. The van der Waals surface area contributed by atoms with Crippen molar-refractivity contribution in [1.82, 2.24) is 0 Å². The molecule has 6 nitrogen and oxygen atoms in total. The van der Waals surface area contributed by atoms with Crippen LogP contribution in [0.15, 0.2) is 36.4 Å². The summed E-state index contributed by atoms with van der Waals surface area (Å²) in [7, 11) is 1.60. The molecule has 0 bridgehead atoms. The van der Waals surface area contributed by atoms with E-state index in [2.05, 4.69) is 0 Å². The highest BCUT2D eigenvalue weighted by molar-refractivity contribution is 5.45. The lowest BCUT2D eigenvalue weighted by Crippen LogP contribution is -2.40. The van der Waals surface area contributed by atoms with Crippen LogP contribution in [0.2, 0.25) is 0 Å². The summed E-state index contributed by atoms with van der Waals surface area (Å²) in [4.78, 5) is 0. The number of fused-ring (bicyclic) bond motifs is 2. The van der Waals surface area contributed by atoms with Crippen LogP contribution in [0.1, 0.15) is 55.4 Å². The Labute approximate surface area is 182 Å². The van der Waals surface area contributed by atoms with Gasteiger partial charge in [0.05, 0.1) is 38.6 Å². The van der Waals surface area contributed by atoms with Gasteiger partial charge >= 0.3 is 0 Å². The monoisotopic (exact) mass is 426 g/mol. The first-order valence-electron chi connectivity index (χ1n) is 11.2. The summed E-state index contributed by atoms with van der Waals surface area (Å²) in [5, 5.41) is 22.3. The maximum Gasteiger partial charge on any atom is 0.125 e. The Morgan fingerprint density at radius 1 is 0.774 bits per heavy atom. The molecule has 0 saturated heterocycles. The van der Waals surface area contributed by atoms with E-state index in [9.17, 15) is 10.2 Å². The van der Waals surface area contributed by atoms with Crippen LogP contribution < -0.4 is 18.9 Å². The maximum atomic E-state index is 11.2. The lowest BCUT2D eigenvalue weighted by atomic mass is 9.77. The van der Waals surface area contributed by atoms with Gasteiger partial charge in [-0.05, 0) is 62.1 Å². The van der Waals surface area contributed by atoms with Gasteiger partial charge in [0.15, 0.2) is 0 Å². The summed E-state index contributed by atoms with van der Waals surface area (Å²) in [6.45, 7) is 0.639. The Kier molecular flexibility index (Phi) is 5.67. The number of aliphatic hydroxyl groups excluding tert-OH is 2. The molecule has 1 fully saturated rings. The Morgan fingerprint density at radius 3 is 1.90 bits per heavy atom. The molecule has 2 aromatic rings. The largest absolute Gasteiger partial charge is 0.497 e. The minimum absolute atomic E-state index is 0.240. The van der Waals surface area contributed by atoms with Crippen LogP contribution in [0.4, 0.5) is 0 Å². The van der Waals surface area contributed by atoms with Crippen LogP contribution in [0.5, 0.6) is 23.0 Å². The minimum Gasteiger partial charge on any atom is -0.497 e. The summed E-state index contributed by atoms with van der Waals surface area (Å²) in [5.41, 5.74) is 1.40. The molecule has 2 aliphatic heterocycles. The van der Waals surface area contributed by atoms with Crippen molar-refractivity contribution in [3.8, 4) is 23.0 Å². The van der Waals surface area contributed by atoms with E-state index in [-0.39, 0.29) is 17.9 Å². The average Bonchev–Trinajstić information content (AvgIpc) is 2.81. The van der Waals surface area contributed by atoms with Gasteiger partial charge in [0.2, 0.25) is 0 Å². The second-order valence-electron chi connectivity index (χ2n) is 8.82. The number of ether oxygens (including phenoxy) is 4. The van der Waals surface area contributed by atoms with Crippen molar-refractivity contribution in [3.05, 3.63) is 47.5 Å². The fourth-order valence-electron chi connectivity index (χ4n) is 5.09. The Bertz CT molecular complexity index is 922. The molecule has 2 heterocycles. The van der Waals surface area contributed by atoms with Crippen LogP contribution in [-0.4, -0.2) is 36.6 Å². The summed E-state index contributed by atoms with van der Waals surface area (Å²) in [5.74, 6) is 2.16. The van der Waals surface area contributed by atoms with Gasteiger partial charge in [-0.1, -0.05) is 6.42 Å². The van der Waals surface area contributed by atoms with Crippen molar-refractivity contribution >= 4 is 0 Å². The third-order valence-corrected chi connectivity index (χ3v) is 6.91. The number of methoxy groups -OCH3 is 1. The van der Waals surface area contributed by atoms with E-state index in [1.54, 1.807) is 13.2 Å². The standard InChI is InChI=1S/C25H30O6/c1-28-16-7-9-22-18(11-16)24(26)20(13-29-22)21-14-30-23-10-8-17(12-19(23)25(21)27)31-15-5-3-2-4-6-15/h7-12,15,20-21,24-27H,2-6,13-14H2,1H3/t20-,21-,24-,25+/m1/s1. The van der Waals surface area contributed by atoms with Gasteiger partial charge in [-0.2, -0.15) is 0 Å². The summed E-state index contributed by atoms with van der Waals surface area (Å²) in [6.07, 6.45) is 4.54. The maximum absolute atomic E-state index is 11.2. The number of hydrogen-bond acceptors (Lipinski definition) is 6. The molecular formula is C25H30O6. The van der Waals surface area contributed by atoms with Crippen molar-refractivity contribution in [1.29, 1.82) is 0 Å². The quantitative estimate of drug-likeness (QED) is 0.763. The van der Waals surface area contributed by atoms with Crippen molar-refractivity contribution in [3.63, 3.8) is 0 Å². The molecule has 4 atom stereocenters. The first kappa shape index (κ1) is 20.5. The Hall–Kier alpha value is -2.44. The highest BCUT2D eigenvalue weighted by atomic mass is 16.5. The number of rotatable bonds is 4. The molecule has 5 rings (SSSR count). The van der Waals surface area contributed by atoms with Crippen LogP contribution in [-0.2, 0) is 0 Å². The van der Waals surface area contributed by atoms with Gasteiger partial charge < -0.3 is 29.2 Å². The minimum atomic E-state index is -0.773. The van der Waals surface area contributed by atoms with Gasteiger partial charge in [-0.15, -0.1) is 0 Å². The second-order valence-corrected chi connectivity index (χ2v) is 8.82. The van der Waals surface area contributed by atoms with Gasteiger partial charge in [0.1, 0.15) is 23.0 Å². The third kappa shape index (κ3) is 3.94. The number of aliphatic hydroxyl groups is 2. The molecule has 2 aromatic carbocycles. The first-order chi connectivity index (χ1) is 15.1. The topological polar surface area (TPSA) is 77.4 Å². The zero-order chi connectivity index (χ0) is 21.4. The first-order valence-corrected chi connectivity index (χ1v) is 11.2. The van der Waals surface area contributed by atoms with E-state index in [4.69, 9.17) is 18.9 Å². The summed E-state index contributed by atoms with van der Waals surface area (Å²) in [6, 6.07) is 11.1. The van der Waals surface area contributed by atoms with E-state index in [0.29, 0.717) is 41.6 Å². The molecule has 31 heavy (non-hydrogen) atoms. The van der Waals surface area contributed by atoms with E-state index in [0.717, 1.165) is 18.6 Å². The zero-order valence-corrected chi connectivity index (χ0v) is 17.8. The zero-order valence-electron chi connectivity index (χ0n) is 17.8. The van der Waals surface area contributed by atoms with Crippen LogP contribution in [0.25, 0.3) is 0 Å². The molecule has 0 radical (unpaired) electrons. The Balaban J connectivity index is 1.36. The van der Waals surface area contributed by atoms with Crippen molar-refractivity contribution in [2.75, 3.05) is 20.3 Å². The van der Waals surface area contributed by atoms with Gasteiger partial charge in [0.25, 0.3) is 0 Å². The molecule has 0 unspecified atom stereocenters. The fraction of sp³-hybridized carbons (Fsp3) is 0.520. The normalized spacial score (nSPS) is 28.0. The molecule has 1 saturated carbocycles. The molecule has 0 aromatic heterocycles. The van der Waals surface area contributed by atoms with Crippen molar-refractivity contribution in [2.24, 2.45) is 11.8 Å². The fourth-order valence-corrected chi connectivity index (χ4v) is 5.09. The third-order valence-electron chi connectivity index (χ3n) is 6.91. The molecule has 6 heteroatoms. The second kappa shape index (κ2) is 8.60. The smallest absolute Gasteiger partial charge is 0.125 e. The molecular weight excluding hydrogens is 396 g/mol. The van der Waals surface area contributed by atoms with E-state index in [1.165, 1.54) is 19.3 Å². The van der Waals surface area contributed by atoms with Crippen LogP contribution in [0.3, 0.4) is 0 Å². The Morgan fingerprint density at radius 2 is 1.32 bits per heavy atom. The van der Waals surface area contributed by atoms with E-state index < -0.39 is 12.2 Å². The lowest BCUT2D eigenvalue weighted by Gasteiger charge is -2.40. The molecule has 0 amide bonds. The average molecular weight is 427 g/mol. The number of benzene rings is 2. The van der Waals surface area contributed by atoms with E-state index in [1.807, 2.05) is 30.3 Å². The molecule has 2 N–H and O–H groups in total. The summed E-state index contributed by atoms with van der Waals surface area (Å²) < 4.78 is 23.4. The number of hydrogen-bond donors (Lipinski definition) is 2. The van der Waals surface area contributed by atoms with Crippen LogP contribution in [0, 0.1) is 11.8 Å². The van der Waals surface area contributed by atoms with Crippen LogP contribution >= 0.6 is 0 Å². The highest BCUT2D eigenvalue weighted by Gasteiger charge is 2.42. The molecule has 166 valence electrons. The molecule has 1 aliphatic carbocycles. The van der Waals surface area contributed by atoms with E-state index >= 15 is 0 Å². The lowest BCUT2D eigenvalue weighted by molar-refractivity contribution is -0.0553. The van der Waals surface area contributed by atoms with Gasteiger partial charge in [-0.25, -0.2) is 0 Å². The predicted octanol–water partition coefficient (Wildman–Crippen LogP) is 4.19. The molecule has 3 aliphatic rings. The van der Waals surface area contributed by atoms with Gasteiger partial charge in [0, 0.05) is 23.0 Å². The van der Waals surface area contributed by atoms with Crippen molar-refractivity contribution in [2.45, 2.75) is 50.4 Å². The SMILES string of the molecule is COc1ccc2c(c1)[C@@H](O)[C@@H]([C@H]1COc3ccc(OC4CCCCC4)cc3[C@@H]1O)CO2. The predicted molar refractivity (Wildman–Crippen MR) is 115 cm³/mol. The van der Waals surface area contributed by atoms with Crippen molar-refractivity contribution < 1.29 is 29.2 Å².